The molecule has 0 spiro atoms. The maximum atomic E-state index is 14.7. The summed E-state index contributed by atoms with van der Waals surface area (Å²) in [6.07, 6.45) is 0. The Morgan fingerprint density at radius 1 is 1.14 bits per heavy atom. The third-order valence-electron chi connectivity index (χ3n) is 4.62. The first kappa shape index (κ1) is 21.4. The number of hydrazine groups is 1. The number of piperazine rings is 1. The fraction of sp³-hybridized carbons (Fsp3) is 0.316. The number of hydrogen-bond donors (Lipinski definition) is 2. The molecule has 0 atom stereocenters. The van der Waals surface area contributed by atoms with Crippen molar-refractivity contribution < 1.29 is 13.6 Å². The van der Waals surface area contributed by atoms with Crippen molar-refractivity contribution in [1.82, 2.24) is 15.3 Å². The molecule has 0 bridgehead atoms. The SMILES string of the molecule is Cc1cc(I)ccc1Nc1c(C(=O)NN2CCN(C)CC2)cc(Br)c(F)c1F. The van der Waals surface area contributed by atoms with Crippen LogP contribution in [0, 0.1) is 22.1 Å². The van der Waals surface area contributed by atoms with Gasteiger partial charge in [0.25, 0.3) is 5.91 Å². The minimum Gasteiger partial charge on any atom is -0.352 e. The van der Waals surface area contributed by atoms with Gasteiger partial charge < -0.3 is 10.2 Å². The van der Waals surface area contributed by atoms with Crippen molar-refractivity contribution in [3.05, 3.63) is 55.1 Å². The summed E-state index contributed by atoms with van der Waals surface area (Å²) in [6.45, 7) is 4.81. The van der Waals surface area contributed by atoms with Crippen molar-refractivity contribution in [3.63, 3.8) is 0 Å². The second kappa shape index (κ2) is 9.02. The summed E-state index contributed by atoms with van der Waals surface area (Å²) >= 11 is 5.18. The third kappa shape index (κ3) is 4.81. The van der Waals surface area contributed by atoms with Crippen LogP contribution in [0.25, 0.3) is 0 Å². The summed E-state index contributed by atoms with van der Waals surface area (Å²) in [5.74, 6) is -2.63. The molecular weight excluding hydrogens is 545 g/mol. The number of rotatable bonds is 4. The van der Waals surface area contributed by atoms with Crippen LogP contribution >= 0.6 is 38.5 Å². The first-order valence-corrected chi connectivity index (χ1v) is 10.6. The number of nitrogens with one attached hydrogen (secondary N) is 2. The molecule has 2 aromatic rings. The van der Waals surface area contributed by atoms with E-state index in [9.17, 15) is 13.6 Å². The molecular formula is C19H20BrF2IN4O. The van der Waals surface area contributed by atoms with Crippen LogP contribution in [0.15, 0.2) is 28.7 Å². The molecule has 0 aromatic heterocycles. The lowest BCUT2D eigenvalue weighted by Gasteiger charge is -2.32. The van der Waals surface area contributed by atoms with Crippen LogP contribution < -0.4 is 10.7 Å². The molecule has 3 rings (SSSR count). The van der Waals surface area contributed by atoms with E-state index in [1.165, 1.54) is 6.07 Å². The number of hydrogen-bond acceptors (Lipinski definition) is 4. The van der Waals surface area contributed by atoms with E-state index in [2.05, 4.69) is 54.2 Å². The van der Waals surface area contributed by atoms with Crippen LogP contribution in [0.5, 0.6) is 0 Å². The summed E-state index contributed by atoms with van der Waals surface area (Å²) in [5, 5.41) is 4.69. The van der Waals surface area contributed by atoms with Crippen molar-refractivity contribution in [3.8, 4) is 0 Å². The fourth-order valence-electron chi connectivity index (χ4n) is 2.92. The normalized spacial score (nSPS) is 15.5. The highest BCUT2D eigenvalue weighted by Gasteiger charge is 2.24. The standard InChI is InChI=1S/C19H20BrF2IN4O/c1-11-9-12(23)3-4-15(11)24-18-13(10-14(20)16(21)17(18)22)19(28)25-27-7-5-26(2)6-8-27/h3-4,9-10,24H,5-8H2,1-2H3,(H,25,28). The van der Waals surface area contributed by atoms with Crippen LogP contribution in [0.1, 0.15) is 15.9 Å². The lowest BCUT2D eigenvalue weighted by molar-refractivity contribution is 0.0663. The Hall–Kier alpha value is -1.30. The topological polar surface area (TPSA) is 47.6 Å². The summed E-state index contributed by atoms with van der Waals surface area (Å²) in [4.78, 5) is 15.0. The monoisotopic (exact) mass is 564 g/mol. The maximum absolute atomic E-state index is 14.7. The molecule has 150 valence electrons. The highest BCUT2D eigenvalue weighted by molar-refractivity contribution is 14.1. The van der Waals surface area contributed by atoms with Crippen LogP contribution in [-0.4, -0.2) is 49.0 Å². The number of amides is 1. The molecule has 28 heavy (non-hydrogen) atoms. The van der Waals surface area contributed by atoms with Gasteiger partial charge in [0, 0.05) is 35.4 Å². The van der Waals surface area contributed by atoms with Gasteiger partial charge >= 0.3 is 0 Å². The first-order chi connectivity index (χ1) is 13.3. The fourth-order valence-corrected chi connectivity index (χ4v) is 3.97. The number of benzene rings is 2. The summed E-state index contributed by atoms with van der Waals surface area (Å²) < 4.78 is 29.9. The maximum Gasteiger partial charge on any atom is 0.267 e. The van der Waals surface area contributed by atoms with E-state index in [1.807, 2.05) is 26.1 Å². The highest BCUT2D eigenvalue weighted by Crippen LogP contribution is 2.32. The highest BCUT2D eigenvalue weighted by atomic mass is 127. The minimum absolute atomic E-state index is 0.0302. The zero-order valence-corrected chi connectivity index (χ0v) is 19.2. The Bertz CT molecular complexity index is 904. The number of aryl methyl sites for hydroxylation is 1. The first-order valence-electron chi connectivity index (χ1n) is 8.71. The van der Waals surface area contributed by atoms with Gasteiger partial charge in [-0.05, 0) is 82.3 Å². The van der Waals surface area contributed by atoms with E-state index >= 15 is 0 Å². The molecule has 9 heteroatoms. The van der Waals surface area contributed by atoms with E-state index in [0.29, 0.717) is 18.8 Å². The molecule has 1 fully saturated rings. The van der Waals surface area contributed by atoms with Crippen molar-refractivity contribution >= 4 is 55.8 Å². The molecule has 0 aliphatic carbocycles. The number of carbonyl (C=O) groups is 1. The Balaban J connectivity index is 1.92. The third-order valence-corrected chi connectivity index (χ3v) is 5.87. The molecule has 0 saturated carbocycles. The molecule has 5 nitrogen and oxygen atoms in total. The van der Waals surface area contributed by atoms with E-state index in [0.717, 1.165) is 22.2 Å². The molecule has 1 aliphatic rings. The number of halogens is 4. The zero-order valence-electron chi connectivity index (χ0n) is 15.5. The van der Waals surface area contributed by atoms with E-state index < -0.39 is 17.5 Å². The smallest absolute Gasteiger partial charge is 0.267 e. The second-order valence-electron chi connectivity index (χ2n) is 6.72. The van der Waals surface area contributed by atoms with Gasteiger partial charge in [0.2, 0.25) is 0 Å². The quantitative estimate of drug-likeness (QED) is 0.430. The van der Waals surface area contributed by atoms with Crippen LogP contribution in [-0.2, 0) is 0 Å². The minimum atomic E-state index is -1.10. The number of anilines is 2. The zero-order chi connectivity index (χ0) is 20.4. The van der Waals surface area contributed by atoms with Crippen molar-refractivity contribution in [2.24, 2.45) is 0 Å². The van der Waals surface area contributed by atoms with Crippen LogP contribution in [0.3, 0.4) is 0 Å². The number of carbonyl (C=O) groups excluding carboxylic acids is 1. The Morgan fingerprint density at radius 3 is 2.46 bits per heavy atom. The van der Waals surface area contributed by atoms with Gasteiger partial charge in [0.15, 0.2) is 11.6 Å². The average Bonchev–Trinajstić information content (AvgIpc) is 2.65. The molecule has 1 saturated heterocycles. The van der Waals surface area contributed by atoms with Gasteiger partial charge in [-0.3, -0.25) is 10.2 Å². The molecule has 2 N–H and O–H groups in total. The van der Waals surface area contributed by atoms with Gasteiger partial charge in [-0.1, -0.05) is 0 Å². The van der Waals surface area contributed by atoms with E-state index in [4.69, 9.17) is 0 Å². The summed E-state index contributed by atoms with van der Waals surface area (Å²) in [5.41, 5.74) is 4.11. The lowest BCUT2D eigenvalue weighted by Crippen LogP contribution is -2.52. The molecule has 1 amide bonds. The largest absolute Gasteiger partial charge is 0.352 e. The van der Waals surface area contributed by atoms with Gasteiger partial charge in [-0.25, -0.2) is 13.8 Å². The summed E-state index contributed by atoms with van der Waals surface area (Å²) in [7, 11) is 2.01. The Kier molecular flexibility index (Phi) is 6.89. The van der Waals surface area contributed by atoms with Crippen molar-refractivity contribution in [2.45, 2.75) is 6.92 Å². The predicted molar refractivity (Wildman–Crippen MR) is 118 cm³/mol. The predicted octanol–water partition coefficient (Wildman–Crippen LogP) is 4.28. The van der Waals surface area contributed by atoms with Gasteiger partial charge in [-0.2, -0.15) is 0 Å². The van der Waals surface area contributed by atoms with Crippen molar-refractivity contribution in [2.75, 3.05) is 38.5 Å². The van der Waals surface area contributed by atoms with Crippen LogP contribution in [0.4, 0.5) is 20.2 Å². The van der Waals surface area contributed by atoms with Crippen molar-refractivity contribution in [1.29, 1.82) is 0 Å². The van der Waals surface area contributed by atoms with Crippen LogP contribution in [0.2, 0.25) is 0 Å². The Morgan fingerprint density at radius 2 is 1.82 bits per heavy atom. The van der Waals surface area contributed by atoms with Gasteiger partial charge in [0.1, 0.15) is 0 Å². The van der Waals surface area contributed by atoms with Gasteiger partial charge in [0.05, 0.1) is 15.7 Å². The molecule has 0 unspecified atom stereocenters. The molecule has 0 radical (unpaired) electrons. The van der Waals surface area contributed by atoms with E-state index in [-0.39, 0.29) is 15.7 Å². The summed E-state index contributed by atoms with van der Waals surface area (Å²) in [6, 6.07) is 6.85. The lowest BCUT2D eigenvalue weighted by atomic mass is 10.1. The van der Waals surface area contributed by atoms with E-state index in [1.54, 1.807) is 11.1 Å². The number of likely N-dealkylation sites (N-methyl/N-ethyl adjacent to an activating group) is 1. The second-order valence-corrected chi connectivity index (χ2v) is 8.82. The number of nitrogens with zero attached hydrogens (tertiary/aromatic N) is 2. The average molecular weight is 565 g/mol. The Labute approximate surface area is 184 Å². The molecule has 1 aliphatic heterocycles. The van der Waals surface area contributed by atoms with Gasteiger partial charge in [-0.15, -0.1) is 0 Å². The molecule has 1 heterocycles. The molecule has 2 aromatic carbocycles.